The summed E-state index contributed by atoms with van der Waals surface area (Å²) in [6.07, 6.45) is 3.09. The zero-order valence-electron chi connectivity index (χ0n) is 11.9. The number of hydrogen-bond donors (Lipinski definition) is 1. The maximum absolute atomic E-state index is 12.3. The first kappa shape index (κ1) is 14.2. The Bertz CT molecular complexity index is 358. The van der Waals surface area contributed by atoms with Crippen LogP contribution in [0.15, 0.2) is 0 Å². The van der Waals surface area contributed by atoms with Crippen LogP contribution in [-0.4, -0.2) is 53.1 Å². The molecular formula is C14H24N2O3. The maximum Gasteiger partial charge on any atom is 0.320 e. The Morgan fingerprint density at radius 2 is 1.79 bits per heavy atom. The van der Waals surface area contributed by atoms with Gasteiger partial charge < -0.3 is 14.9 Å². The fraction of sp³-hybridized carbons (Fsp3) is 0.857. The third-order valence-electron chi connectivity index (χ3n) is 4.41. The van der Waals surface area contributed by atoms with Crippen molar-refractivity contribution in [2.24, 2.45) is 11.3 Å². The zero-order chi connectivity index (χ0) is 14.0. The van der Waals surface area contributed by atoms with Gasteiger partial charge >= 0.3 is 12.0 Å². The predicted molar refractivity (Wildman–Crippen MR) is 71.9 cm³/mol. The normalized spacial score (nSPS) is 26.5. The van der Waals surface area contributed by atoms with Crippen molar-refractivity contribution >= 4 is 12.0 Å². The molecule has 2 rings (SSSR count). The number of rotatable bonds is 2. The highest BCUT2D eigenvalue weighted by Gasteiger charge is 2.33. The van der Waals surface area contributed by atoms with Crippen LogP contribution in [0.25, 0.3) is 0 Å². The van der Waals surface area contributed by atoms with Gasteiger partial charge in [0.1, 0.15) is 0 Å². The number of carbonyl (C=O) groups is 2. The molecule has 1 unspecified atom stereocenters. The lowest BCUT2D eigenvalue weighted by Gasteiger charge is -2.38. The van der Waals surface area contributed by atoms with Crippen LogP contribution in [0, 0.1) is 11.3 Å². The summed E-state index contributed by atoms with van der Waals surface area (Å²) in [6, 6.07) is 0.100. The van der Waals surface area contributed by atoms with Crippen molar-refractivity contribution in [3.8, 4) is 0 Å². The van der Waals surface area contributed by atoms with Gasteiger partial charge in [0, 0.05) is 32.6 Å². The van der Waals surface area contributed by atoms with Gasteiger partial charge in [0.05, 0.1) is 0 Å². The van der Waals surface area contributed by atoms with Gasteiger partial charge in [-0.05, 0) is 30.6 Å². The van der Waals surface area contributed by atoms with Crippen LogP contribution in [0.4, 0.5) is 4.79 Å². The molecule has 0 aromatic carbocycles. The molecule has 0 aliphatic carbocycles. The van der Waals surface area contributed by atoms with E-state index in [2.05, 4.69) is 13.8 Å². The number of urea groups is 1. The van der Waals surface area contributed by atoms with Crippen LogP contribution in [0.2, 0.25) is 0 Å². The molecule has 0 aromatic heterocycles. The molecule has 0 saturated carbocycles. The summed E-state index contributed by atoms with van der Waals surface area (Å²) in [5.74, 6) is -0.637. The predicted octanol–water partition coefficient (Wildman–Crippen LogP) is 2.03. The van der Waals surface area contributed by atoms with Gasteiger partial charge in [-0.1, -0.05) is 13.8 Å². The molecule has 2 fully saturated rings. The van der Waals surface area contributed by atoms with Gasteiger partial charge in [-0.3, -0.25) is 4.79 Å². The van der Waals surface area contributed by atoms with Gasteiger partial charge in [-0.25, -0.2) is 4.79 Å². The van der Waals surface area contributed by atoms with Gasteiger partial charge in [-0.2, -0.15) is 0 Å². The first-order chi connectivity index (χ1) is 8.87. The molecule has 108 valence electrons. The second-order valence-corrected chi connectivity index (χ2v) is 6.63. The number of aliphatic carboxylic acids is 1. The number of carboxylic acids is 1. The zero-order valence-corrected chi connectivity index (χ0v) is 11.9. The second kappa shape index (κ2) is 5.39. The number of likely N-dealkylation sites (tertiary alicyclic amines) is 2. The second-order valence-electron chi connectivity index (χ2n) is 6.63. The fourth-order valence-electron chi connectivity index (χ4n) is 2.92. The van der Waals surface area contributed by atoms with Crippen molar-refractivity contribution in [1.82, 2.24) is 9.80 Å². The van der Waals surface area contributed by atoms with Crippen molar-refractivity contribution in [2.45, 2.75) is 39.5 Å². The molecule has 0 radical (unpaired) electrons. The Labute approximate surface area is 114 Å². The quantitative estimate of drug-likeness (QED) is 0.833. The molecule has 2 aliphatic rings. The highest BCUT2D eigenvalue weighted by molar-refractivity contribution is 5.75. The average molecular weight is 268 g/mol. The van der Waals surface area contributed by atoms with E-state index < -0.39 is 5.97 Å². The first-order valence-corrected chi connectivity index (χ1v) is 7.13. The Morgan fingerprint density at radius 1 is 1.16 bits per heavy atom. The van der Waals surface area contributed by atoms with Crippen LogP contribution in [-0.2, 0) is 4.79 Å². The topological polar surface area (TPSA) is 60.9 Å². The fourth-order valence-corrected chi connectivity index (χ4v) is 2.92. The molecule has 2 heterocycles. The molecule has 2 aliphatic heterocycles. The van der Waals surface area contributed by atoms with Crippen molar-refractivity contribution in [2.75, 3.05) is 26.2 Å². The molecule has 5 nitrogen and oxygen atoms in total. The first-order valence-electron chi connectivity index (χ1n) is 7.13. The van der Waals surface area contributed by atoms with Crippen molar-refractivity contribution in [3.63, 3.8) is 0 Å². The standard InChI is InChI=1S/C14H24N2O3/c1-14(2)4-7-15(8-5-14)13(19)16-6-3-11(10-16)9-12(17)18/h11H,3-10H2,1-2H3,(H,17,18). The van der Waals surface area contributed by atoms with E-state index in [1.807, 2.05) is 9.80 Å². The van der Waals surface area contributed by atoms with Gasteiger partial charge in [0.25, 0.3) is 0 Å². The minimum Gasteiger partial charge on any atom is -0.481 e. The van der Waals surface area contributed by atoms with Crippen molar-refractivity contribution < 1.29 is 14.7 Å². The summed E-state index contributed by atoms with van der Waals surface area (Å²) in [4.78, 5) is 26.8. The number of carboxylic acid groups (broad SMARTS) is 1. The number of amides is 2. The summed E-state index contributed by atoms with van der Waals surface area (Å²) < 4.78 is 0. The SMILES string of the molecule is CC1(C)CCN(C(=O)N2CCC(CC(=O)O)C2)CC1. The lowest BCUT2D eigenvalue weighted by Crippen LogP contribution is -2.47. The van der Waals surface area contributed by atoms with Crippen molar-refractivity contribution in [3.05, 3.63) is 0 Å². The highest BCUT2D eigenvalue weighted by Crippen LogP contribution is 2.30. The van der Waals surface area contributed by atoms with Crippen LogP contribution in [0.3, 0.4) is 0 Å². The third-order valence-corrected chi connectivity index (χ3v) is 4.41. The van der Waals surface area contributed by atoms with E-state index >= 15 is 0 Å². The minimum atomic E-state index is -0.765. The lowest BCUT2D eigenvalue weighted by atomic mass is 9.83. The smallest absolute Gasteiger partial charge is 0.320 e. The van der Waals surface area contributed by atoms with Crippen molar-refractivity contribution in [1.29, 1.82) is 0 Å². The van der Waals surface area contributed by atoms with Crippen LogP contribution >= 0.6 is 0 Å². The summed E-state index contributed by atoms with van der Waals surface area (Å²) in [5.41, 5.74) is 0.341. The molecule has 19 heavy (non-hydrogen) atoms. The van der Waals surface area contributed by atoms with E-state index in [9.17, 15) is 9.59 Å². The van der Waals surface area contributed by atoms with Crippen LogP contribution < -0.4 is 0 Å². The molecule has 0 bridgehead atoms. The van der Waals surface area contributed by atoms with Gasteiger partial charge in [-0.15, -0.1) is 0 Å². The molecule has 0 aromatic rings. The van der Waals surface area contributed by atoms with E-state index in [0.717, 1.165) is 32.4 Å². The average Bonchev–Trinajstić information content (AvgIpc) is 2.75. The lowest BCUT2D eigenvalue weighted by molar-refractivity contribution is -0.138. The summed E-state index contributed by atoms with van der Waals surface area (Å²) in [5, 5.41) is 8.79. The van der Waals surface area contributed by atoms with Crippen LogP contribution in [0.1, 0.15) is 39.5 Å². The monoisotopic (exact) mass is 268 g/mol. The number of carbonyl (C=O) groups excluding carboxylic acids is 1. The molecule has 0 spiro atoms. The Hall–Kier alpha value is -1.26. The molecule has 2 amide bonds. The van der Waals surface area contributed by atoms with E-state index in [1.54, 1.807) is 0 Å². The van der Waals surface area contributed by atoms with Gasteiger partial charge in [0.2, 0.25) is 0 Å². The molecule has 5 heteroatoms. The number of hydrogen-bond acceptors (Lipinski definition) is 2. The molecule has 1 atom stereocenters. The highest BCUT2D eigenvalue weighted by atomic mass is 16.4. The Morgan fingerprint density at radius 3 is 2.37 bits per heavy atom. The van der Waals surface area contributed by atoms with Gasteiger partial charge in [0.15, 0.2) is 0 Å². The Kier molecular flexibility index (Phi) is 4.02. The van der Waals surface area contributed by atoms with E-state index in [0.29, 0.717) is 18.5 Å². The number of nitrogens with zero attached hydrogens (tertiary/aromatic N) is 2. The van der Waals surface area contributed by atoms with E-state index in [1.165, 1.54) is 0 Å². The largest absolute Gasteiger partial charge is 0.481 e. The summed E-state index contributed by atoms with van der Waals surface area (Å²) in [6.45, 7) is 7.45. The maximum atomic E-state index is 12.3. The summed E-state index contributed by atoms with van der Waals surface area (Å²) >= 11 is 0. The van der Waals surface area contributed by atoms with E-state index in [-0.39, 0.29) is 18.4 Å². The third kappa shape index (κ3) is 3.61. The van der Waals surface area contributed by atoms with E-state index in [4.69, 9.17) is 5.11 Å². The van der Waals surface area contributed by atoms with Crippen LogP contribution in [0.5, 0.6) is 0 Å². The number of piperidine rings is 1. The molecule has 1 N–H and O–H groups in total. The molecule has 2 saturated heterocycles. The minimum absolute atomic E-state index is 0.100. The summed E-state index contributed by atoms with van der Waals surface area (Å²) in [7, 11) is 0. The molecular weight excluding hydrogens is 244 g/mol. The Balaban J connectivity index is 1.83.